The Bertz CT molecular complexity index is 570. The highest BCUT2D eigenvalue weighted by atomic mass is 16.5. The second-order valence-corrected chi connectivity index (χ2v) is 5.46. The van der Waals surface area contributed by atoms with Crippen molar-refractivity contribution in [2.45, 2.75) is 12.8 Å². The minimum Gasteiger partial charge on any atom is -0.493 e. The molecule has 0 aliphatic carbocycles. The second-order valence-electron chi connectivity index (χ2n) is 5.46. The van der Waals surface area contributed by atoms with Crippen molar-refractivity contribution >= 4 is 11.8 Å². The zero-order valence-electron chi connectivity index (χ0n) is 14.2. The molecule has 0 radical (unpaired) electrons. The second kappa shape index (κ2) is 9.12. The van der Waals surface area contributed by atoms with Crippen molar-refractivity contribution in [3.05, 3.63) is 23.8 Å². The highest BCUT2D eigenvalue weighted by Gasteiger charge is 2.19. The Hall–Kier alpha value is -2.28. The first-order valence-electron chi connectivity index (χ1n) is 7.97. The standard InChI is InChI=1S/C17H24N2O5/c1-22-14-4-3-13(11-15(14)23-2)5-6-18-16(20)12-17(21)19-7-9-24-10-8-19/h3-4,11H,5-10,12H2,1-2H3,(H,18,20). The SMILES string of the molecule is COc1ccc(CCNC(=O)CC(=O)N2CCOCC2)cc1OC. The molecule has 0 unspecified atom stereocenters. The molecule has 1 aromatic rings. The van der Waals surface area contributed by atoms with Crippen LogP contribution in [0.1, 0.15) is 12.0 Å². The number of morpholine rings is 1. The van der Waals surface area contributed by atoms with Gasteiger partial charge in [0.25, 0.3) is 0 Å². The third kappa shape index (κ3) is 5.13. The molecule has 1 saturated heterocycles. The number of hydrogen-bond donors (Lipinski definition) is 1. The summed E-state index contributed by atoms with van der Waals surface area (Å²) < 4.78 is 15.6. The molecule has 24 heavy (non-hydrogen) atoms. The molecule has 0 spiro atoms. The van der Waals surface area contributed by atoms with Crippen LogP contribution in [0.25, 0.3) is 0 Å². The average Bonchev–Trinajstić information content (AvgIpc) is 2.62. The van der Waals surface area contributed by atoms with Crippen LogP contribution in [0.2, 0.25) is 0 Å². The van der Waals surface area contributed by atoms with E-state index in [9.17, 15) is 9.59 Å². The van der Waals surface area contributed by atoms with Crippen LogP contribution in [0.15, 0.2) is 18.2 Å². The maximum Gasteiger partial charge on any atom is 0.232 e. The van der Waals surface area contributed by atoms with Gasteiger partial charge in [0.05, 0.1) is 27.4 Å². The number of carbonyl (C=O) groups excluding carboxylic acids is 2. The van der Waals surface area contributed by atoms with Gasteiger partial charge in [0.1, 0.15) is 6.42 Å². The van der Waals surface area contributed by atoms with E-state index < -0.39 is 0 Å². The molecule has 132 valence electrons. The van der Waals surface area contributed by atoms with Gasteiger partial charge < -0.3 is 24.4 Å². The Kier molecular flexibility index (Phi) is 6.87. The normalized spacial score (nSPS) is 14.2. The zero-order chi connectivity index (χ0) is 17.4. The van der Waals surface area contributed by atoms with Gasteiger partial charge in [-0.25, -0.2) is 0 Å². The summed E-state index contributed by atoms with van der Waals surface area (Å²) in [6.07, 6.45) is 0.532. The Morgan fingerprint density at radius 1 is 1.17 bits per heavy atom. The van der Waals surface area contributed by atoms with E-state index >= 15 is 0 Å². The van der Waals surface area contributed by atoms with E-state index in [0.717, 1.165) is 5.56 Å². The summed E-state index contributed by atoms with van der Waals surface area (Å²) in [5.41, 5.74) is 1.02. The maximum atomic E-state index is 12.0. The Labute approximate surface area is 141 Å². The summed E-state index contributed by atoms with van der Waals surface area (Å²) in [6.45, 7) is 2.64. The van der Waals surface area contributed by atoms with Crippen LogP contribution in [-0.4, -0.2) is 63.8 Å². The largest absolute Gasteiger partial charge is 0.493 e. The van der Waals surface area contributed by atoms with Gasteiger partial charge in [-0.3, -0.25) is 9.59 Å². The van der Waals surface area contributed by atoms with E-state index in [1.54, 1.807) is 19.1 Å². The Morgan fingerprint density at radius 3 is 2.54 bits per heavy atom. The number of hydrogen-bond acceptors (Lipinski definition) is 5. The Balaban J connectivity index is 1.75. The van der Waals surface area contributed by atoms with Crippen LogP contribution < -0.4 is 14.8 Å². The minimum atomic E-state index is -0.257. The lowest BCUT2D eigenvalue weighted by Gasteiger charge is -2.26. The fourth-order valence-corrected chi connectivity index (χ4v) is 2.51. The fraction of sp³-hybridized carbons (Fsp3) is 0.529. The van der Waals surface area contributed by atoms with Crippen molar-refractivity contribution in [3.8, 4) is 11.5 Å². The number of rotatable bonds is 7. The molecule has 0 saturated carbocycles. The van der Waals surface area contributed by atoms with Gasteiger partial charge in [0.2, 0.25) is 11.8 Å². The monoisotopic (exact) mass is 336 g/mol. The lowest BCUT2D eigenvalue weighted by Crippen LogP contribution is -2.42. The zero-order valence-corrected chi connectivity index (χ0v) is 14.2. The van der Waals surface area contributed by atoms with Gasteiger partial charge in [-0.15, -0.1) is 0 Å². The molecule has 7 nitrogen and oxygen atoms in total. The topological polar surface area (TPSA) is 77.1 Å². The molecule has 1 aliphatic rings. The first-order valence-corrected chi connectivity index (χ1v) is 7.97. The molecule has 1 aromatic carbocycles. The van der Waals surface area contributed by atoms with Crippen molar-refractivity contribution in [2.75, 3.05) is 47.1 Å². The molecule has 0 atom stereocenters. The number of ether oxygens (including phenoxy) is 3. The van der Waals surface area contributed by atoms with Crippen molar-refractivity contribution in [1.29, 1.82) is 0 Å². The van der Waals surface area contributed by atoms with E-state index in [1.807, 2.05) is 18.2 Å². The quantitative estimate of drug-likeness (QED) is 0.739. The van der Waals surface area contributed by atoms with E-state index in [1.165, 1.54) is 0 Å². The summed E-state index contributed by atoms with van der Waals surface area (Å²) in [5.74, 6) is 0.916. The van der Waals surface area contributed by atoms with Crippen LogP contribution >= 0.6 is 0 Å². The number of nitrogens with one attached hydrogen (secondary N) is 1. The minimum absolute atomic E-state index is 0.119. The summed E-state index contributed by atoms with van der Waals surface area (Å²) in [7, 11) is 3.17. The molecular formula is C17H24N2O5. The Morgan fingerprint density at radius 2 is 1.88 bits per heavy atom. The van der Waals surface area contributed by atoms with Gasteiger partial charge in [-0.2, -0.15) is 0 Å². The predicted octanol–water partition coefficient (Wildman–Crippen LogP) is 0.611. The van der Waals surface area contributed by atoms with Gasteiger partial charge in [0.15, 0.2) is 11.5 Å². The molecule has 1 fully saturated rings. The summed E-state index contributed by atoms with van der Waals surface area (Å²) in [6, 6.07) is 5.63. The number of nitrogens with zero attached hydrogens (tertiary/aromatic N) is 1. The first-order chi connectivity index (χ1) is 11.6. The van der Waals surface area contributed by atoms with E-state index in [2.05, 4.69) is 5.32 Å². The first kappa shape index (κ1) is 18.1. The highest BCUT2D eigenvalue weighted by Crippen LogP contribution is 2.27. The van der Waals surface area contributed by atoms with Crippen LogP contribution in [-0.2, 0) is 20.7 Å². The smallest absolute Gasteiger partial charge is 0.232 e. The predicted molar refractivity (Wildman–Crippen MR) is 88.3 cm³/mol. The third-order valence-electron chi connectivity index (χ3n) is 3.86. The van der Waals surface area contributed by atoms with Crippen molar-refractivity contribution < 1.29 is 23.8 Å². The highest BCUT2D eigenvalue weighted by molar-refractivity contribution is 5.96. The molecule has 2 rings (SSSR count). The molecule has 1 heterocycles. The number of benzene rings is 1. The molecule has 0 aromatic heterocycles. The van der Waals surface area contributed by atoms with E-state index in [-0.39, 0.29) is 18.2 Å². The fourth-order valence-electron chi connectivity index (χ4n) is 2.51. The molecule has 0 bridgehead atoms. The number of amides is 2. The van der Waals surface area contributed by atoms with E-state index in [4.69, 9.17) is 14.2 Å². The molecule has 2 amide bonds. The maximum absolute atomic E-state index is 12.0. The third-order valence-corrected chi connectivity index (χ3v) is 3.86. The average molecular weight is 336 g/mol. The van der Waals surface area contributed by atoms with Gasteiger partial charge in [0, 0.05) is 19.6 Å². The van der Waals surface area contributed by atoms with Gasteiger partial charge >= 0.3 is 0 Å². The number of carbonyl (C=O) groups is 2. The number of methoxy groups -OCH3 is 2. The van der Waals surface area contributed by atoms with Crippen LogP contribution in [0.3, 0.4) is 0 Å². The molecule has 1 N–H and O–H groups in total. The molecule has 7 heteroatoms. The van der Waals surface area contributed by atoms with Crippen molar-refractivity contribution in [2.24, 2.45) is 0 Å². The van der Waals surface area contributed by atoms with Crippen molar-refractivity contribution in [1.82, 2.24) is 10.2 Å². The summed E-state index contributed by atoms with van der Waals surface area (Å²) in [4.78, 5) is 25.5. The summed E-state index contributed by atoms with van der Waals surface area (Å²) in [5, 5.41) is 2.78. The van der Waals surface area contributed by atoms with Crippen molar-refractivity contribution in [3.63, 3.8) is 0 Å². The molecule has 1 aliphatic heterocycles. The van der Waals surface area contributed by atoms with Crippen LogP contribution in [0.5, 0.6) is 11.5 Å². The lowest BCUT2D eigenvalue weighted by molar-refractivity contribution is -0.139. The molecular weight excluding hydrogens is 312 g/mol. The van der Waals surface area contributed by atoms with Crippen LogP contribution in [0.4, 0.5) is 0 Å². The van der Waals surface area contributed by atoms with Crippen LogP contribution in [0, 0.1) is 0 Å². The van der Waals surface area contributed by atoms with Gasteiger partial charge in [-0.1, -0.05) is 6.07 Å². The summed E-state index contributed by atoms with van der Waals surface area (Å²) >= 11 is 0. The van der Waals surface area contributed by atoms with E-state index in [0.29, 0.717) is 50.8 Å². The van der Waals surface area contributed by atoms with Gasteiger partial charge in [-0.05, 0) is 24.1 Å². The lowest BCUT2D eigenvalue weighted by atomic mass is 10.1.